The molecule has 2 aliphatic rings. The summed E-state index contributed by atoms with van der Waals surface area (Å²) in [6.45, 7) is 4.86. The number of rotatable bonds is 3. The molecule has 1 aromatic carbocycles. The van der Waals surface area contributed by atoms with Crippen LogP contribution in [0.25, 0.3) is 11.1 Å². The highest BCUT2D eigenvalue weighted by Crippen LogP contribution is 2.34. The summed E-state index contributed by atoms with van der Waals surface area (Å²) in [7, 11) is 3.62. The smallest absolute Gasteiger partial charge is 0.317 e. The van der Waals surface area contributed by atoms with Gasteiger partial charge in [-0.3, -0.25) is 9.48 Å². The SMILES string of the molecule is C=CCNC(=O)N1C[C@@H]2Oc3cc(-c4cnn(C)c4)ccc3C(=O)N(C)[C@@H]2C1. The first kappa shape index (κ1) is 18.1. The minimum atomic E-state index is -0.283. The summed E-state index contributed by atoms with van der Waals surface area (Å²) < 4.78 is 7.97. The van der Waals surface area contributed by atoms with Gasteiger partial charge in [0.15, 0.2) is 0 Å². The fraction of sp³-hybridized carbons (Fsp3) is 0.350. The highest BCUT2D eigenvalue weighted by molar-refractivity contribution is 5.98. The van der Waals surface area contributed by atoms with E-state index in [4.69, 9.17) is 4.74 Å². The van der Waals surface area contributed by atoms with Gasteiger partial charge in [0, 0.05) is 38.9 Å². The lowest BCUT2D eigenvalue weighted by atomic mass is 10.1. The van der Waals surface area contributed by atoms with Gasteiger partial charge < -0.3 is 19.9 Å². The molecule has 28 heavy (non-hydrogen) atoms. The number of hydrogen-bond acceptors (Lipinski definition) is 4. The minimum absolute atomic E-state index is 0.103. The molecule has 1 saturated heterocycles. The van der Waals surface area contributed by atoms with E-state index in [-0.39, 0.29) is 24.1 Å². The molecular weight excluding hydrogens is 358 g/mol. The van der Waals surface area contributed by atoms with Gasteiger partial charge in [0.1, 0.15) is 11.9 Å². The number of ether oxygens (including phenoxy) is 1. The van der Waals surface area contributed by atoms with E-state index in [2.05, 4.69) is 17.0 Å². The van der Waals surface area contributed by atoms with Crippen molar-refractivity contribution in [3.05, 3.63) is 48.8 Å². The van der Waals surface area contributed by atoms with Gasteiger partial charge in [0.2, 0.25) is 0 Å². The largest absolute Gasteiger partial charge is 0.485 e. The Kier molecular flexibility index (Phi) is 4.54. The Labute approximate surface area is 163 Å². The molecule has 4 rings (SSSR count). The van der Waals surface area contributed by atoms with Gasteiger partial charge in [-0.1, -0.05) is 12.1 Å². The molecule has 2 aromatic rings. The lowest BCUT2D eigenvalue weighted by Gasteiger charge is -2.25. The van der Waals surface area contributed by atoms with Crippen LogP contribution in [0.1, 0.15) is 10.4 Å². The molecule has 0 spiro atoms. The van der Waals surface area contributed by atoms with Gasteiger partial charge >= 0.3 is 6.03 Å². The standard InChI is InChI=1S/C20H23N5O3/c1-4-7-21-20(27)25-11-16-18(12-25)28-17-8-13(14-9-22-23(2)10-14)5-6-15(17)19(26)24(16)3/h4-6,8-10,16,18H,1,7,11-12H2,2-3H3,(H,21,27)/t16-,18+/m1/s1. The highest BCUT2D eigenvalue weighted by atomic mass is 16.5. The van der Waals surface area contributed by atoms with Crippen molar-refractivity contribution in [2.75, 3.05) is 26.7 Å². The Hall–Kier alpha value is -3.29. The van der Waals surface area contributed by atoms with E-state index in [0.29, 0.717) is 30.9 Å². The van der Waals surface area contributed by atoms with Crippen LogP contribution in [-0.4, -0.2) is 70.3 Å². The van der Waals surface area contributed by atoms with E-state index < -0.39 is 0 Å². The Morgan fingerprint density at radius 1 is 1.36 bits per heavy atom. The van der Waals surface area contributed by atoms with E-state index in [1.165, 1.54) is 0 Å². The number of hydrogen-bond donors (Lipinski definition) is 1. The lowest BCUT2D eigenvalue weighted by Crippen LogP contribution is -2.44. The lowest BCUT2D eigenvalue weighted by molar-refractivity contribution is 0.0682. The summed E-state index contributed by atoms with van der Waals surface area (Å²) >= 11 is 0. The molecule has 0 aliphatic carbocycles. The van der Waals surface area contributed by atoms with Gasteiger partial charge in [0.25, 0.3) is 5.91 Å². The molecule has 0 bridgehead atoms. The van der Waals surface area contributed by atoms with E-state index in [0.717, 1.165) is 11.1 Å². The quantitative estimate of drug-likeness (QED) is 0.817. The zero-order chi connectivity index (χ0) is 19.8. The summed E-state index contributed by atoms with van der Waals surface area (Å²) in [6.07, 6.45) is 5.04. The zero-order valence-corrected chi connectivity index (χ0v) is 16.0. The number of likely N-dealkylation sites (tertiary alicyclic amines) is 1. The first-order chi connectivity index (χ1) is 13.5. The second-order valence-electron chi connectivity index (χ2n) is 7.13. The van der Waals surface area contributed by atoms with Gasteiger partial charge in [-0.05, 0) is 17.7 Å². The highest BCUT2D eigenvalue weighted by Gasteiger charge is 2.43. The zero-order valence-electron chi connectivity index (χ0n) is 16.0. The van der Waals surface area contributed by atoms with Gasteiger partial charge in [-0.2, -0.15) is 5.10 Å². The minimum Gasteiger partial charge on any atom is -0.485 e. The van der Waals surface area contributed by atoms with E-state index >= 15 is 0 Å². The van der Waals surface area contributed by atoms with Crippen molar-refractivity contribution in [2.45, 2.75) is 12.1 Å². The summed E-state index contributed by atoms with van der Waals surface area (Å²) in [4.78, 5) is 28.6. The number of aromatic nitrogens is 2. The molecule has 146 valence electrons. The second kappa shape index (κ2) is 7.03. The Morgan fingerprint density at radius 3 is 2.89 bits per heavy atom. The third-order valence-electron chi connectivity index (χ3n) is 5.27. The fourth-order valence-corrected chi connectivity index (χ4v) is 3.73. The number of benzene rings is 1. The molecule has 0 unspecified atom stereocenters. The summed E-state index contributed by atoms with van der Waals surface area (Å²) in [5.74, 6) is 0.438. The second-order valence-corrected chi connectivity index (χ2v) is 7.13. The maximum absolute atomic E-state index is 13.0. The molecule has 2 atom stereocenters. The van der Waals surface area contributed by atoms with Crippen LogP contribution in [0.3, 0.4) is 0 Å². The van der Waals surface area contributed by atoms with Crippen LogP contribution in [0.15, 0.2) is 43.2 Å². The van der Waals surface area contributed by atoms with Crippen molar-refractivity contribution in [1.82, 2.24) is 24.9 Å². The maximum atomic E-state index is 13.0. The van der Waals surface area contributed by atoms with Crippen molar-refractivity contribution >= 4 is 11.9 Å². The van der Waals surface area contributed by atoms with Gasteiger partial charge in [-0.15, -0.1) is 6.58 Å². The van der Waals surface area contributed by atoms with Crippen LogP contribution in [0.2, 0.25) is 0 Å². The van der Waals surface area contributed by atoms with Crippen LogP contribution in [0, 0.1) is 0 Å². The molecule has 3 heterocycles. The Bertz CT molecular complexity index is 938. The third-order valence-corrected chi connectivity index (χ3v) is 5.27. The number of amides is 3. The van der Waals surface area contributed by atoms with E-state index in [1.807, 2.05) is 25.4 Å². The number of carbonyl (C=O) groups excluding carboxylic acids is 2. The number of aryl methyl sites for hydroxylation is 1. The first-order valence-corrected chi connectivity index (χ1v) is 9.18. The monoisotopic (exact) mass is 381 g/mol. The third kappa shape index (κ3) is 3.11. The van der Waals surface area contributed by atoms with Crippen LogP contribution in [-0.2, 0) is 7.05 Å². The molecule has 1 fully saturated rings. The summed E-state index contributed by atoms with van der Waals surface area (Å²) in [6, 6.07) is 5.20. The van der Waals surface area contributed by atoms with Crippen molar-refractivity contribution in [1.29, 1.82) is 0 Å². The molecular formula is C20H23N5O3. The molecule has 8 heteroatoms. The predicted molar refractivity (Wildman–Crippen MR) is 104 cm³/mol. The van der Waals surface area contributed by atoms with Crippen LogP contribution in [0.4, 0.5) is 4.79 Å². The van der Waals surface area contributed by atoms with E-state index in [1.54, 1.807) is 39.9 Å². The Morgan fingerprint density at radius 2 is 2.18 bits per heavy atom. The van der Waals surface area contributed by atoms with Gasteiger partial charge in [0.05, 0.1) is 24.3 Å². The molecule has 2 aliphatic heterocycles. The molecule has 3 amide bonds. The van der Waals surface area contributed by atoms with Crippen molar-refractivity contribution in [3.8, 4) is 16.9 Å². The number of carbonyl (C=O) groups is 2. The average Bonchev–Trinajstić information content (AvgIpc) is 3.29. The average molecular weight is 381 g/mol. The molecule has 0 saturated carbocycles. The first-order valence-electron chi connectivity index (χ1n) is 9.18. The number of fused-ring (bicyclic) bond motifs is 2. The van der Waals surface area contributed by atoms with Crippen LogP contribution in [0.5, 0.6) is 5.75 Å². The van der Waals surface area contributed by atoms with Crippen LogP contribution < -0.4 is 10.1 Å². The predicted octanol–water partition coefficient (Wildman–Crippen LogP) is 1.50. The summed E-state index contributed by atoms with van der Waals surface area (Å²) in [5, 5.41) is 6.98. The van der Waals surface area contributed by atoms with E-state index in [9.17, 15) is 9.59 Å². The molecule has 1 aromatic heterocycles. The fourth-order valence-electron chi connectivity index (χ4n) is 3.73. The van der Waals surface area contributed by atoms with Crippen molar-refractivity contribution in [2.24, 2.45) is 7.05 Å². The normalized spacial score (nSPS) is 20.9. The van der Waals surface area contributed by atoms with Crippen molar-refractivity contribution < 1.29 is 14.3 Å². The molecule has 1 N–H and O–H groups in total. The van der Waals surface area contributed by atoms with Crippen molar-refractivity contribution in [3.63, 3.8) is 0 Å². The number of urea groups is 1. The summed E-state index contributed by atoms with van der Waals surface area (Å²) in [5.41, 5.74) is 2.42. The Balaban J connectivity index is 1.62. The number of nitrogens with one attached hydrogen (secondary N) is 1. The maximum Gasteiger partial charge on any atom is 0.317 e. The van der Waals surface area contributed by atoms with Gasteiger partial charge in [-0.25, -0.2) is 4.79 Å². The molecule has 0 radical (unpaired) electrons. The number of nitrogens with zero attached hydrogens (tertiary/aromatic N) is 4. The topological polar surface area (TPSA) is 79.7 Å². The van der Waals surface area contributed by atoms with Crippen LogP contribution >= 0.6 is 0 Å². The molecule has 8 nitrogen and oxygen atoms in total. The number of likely N-dealkylation sites (N-methyl/N-ethyl adjacent to an activating group) is 1.